The van der Waals surface area contributed by atoms with E-state index in [1.54, 1.807) is 0 Å². The smallest absolute Gasteiger partial charge is 0.00937 e. The fourth-order valence-corrected chi connectivity index (χ4v) is 2.61. The van der Waals surface area contributed by atoms with Crippen molar-refractivity contribution in [1.82, 2.24) is 15.5 Å². The van der Waals surface area contributed by atoms with Crippen LogP contribution in [0.15, 0.2) is 0 Å². The topological polar surface area (TPSA) is 27.3 Å². The molecular formula is C15H33N3. The van der Waals surface area contributed by atoms with Crippen LogP contribution < -0.4 is 10.6 Å². The van der Waals surface area contributed by atoms with Crippen molar-refractivity contribution in [3.63, 3.8) is 0 Å². The van der Waals surface area contributed by atoms with Gasteiger partial charge >= 0.3 is 0 Å². The van der Waals surface area contributed by atoms with Crippen LogP contribution in [0.3, 0.4) is 0 Å². The summed E-state index contributed by atoms with van der Waals surface area (Å²) in [6.07, 6.45) is 3.92. The number of hydrogen-bond donors (Lipinski definition) is 2. The van der Waals surface area contributed by atoms with E-state index >= 15 is 0 Å². The minimum atomic E-state index is 0.627. The predicted molar refractivity (Wildman–Crippen MR) is 80.1 cm³/mol. The SMILES string of the molecule is CC(C)CNCCCN1CCC(NC(C)C)CC1. The van der Waals surface area contributed by atoms with Gasteiger partial charge in [0, 0.05) is 12.1 Å². The number of nitrogens with zero attached hydrogens (tertiary/aromatic N) is 1. The lowest BCUT2D eigenvalue weighted by atomic mass is 10.0. The molecule has 0 atom stereocenters. The van der Waals surface area contributed by atoms with Gasteiger partial charge in [-0.3, -0.25) is 0 Å². The second kappa shape index (κ2) is 8.89. The molecule has 0 radical (unpaired) electrons. The minimum Gasteiger partial charge on any atom is -0.316 e. The van der Waals surface area contributed by atoms with Crippen molar-refractivity contribution in [1.29, 1.82) is 0 Å². The first-order valence-electron chi connectivity index (χ1n) is 7.77. The highest BCUT2D eigenvalue weighted by Crippen LogP contribution is 2.11. The van der Waals surface area contributed by atoms with Crippen LogP contribution in [0.1, 0.15) is 47.0 Å². The van der Waals surface area contributed by atoms with Crippen LogP contribution in [0.2, 0.25) is 0 Å². The Morgan fingerprint density at radius 1 is 1.11 bits per heavy atom. The van der Waals surface area contributed by atoms with Gasteiger partial charge in [-0.05, 0) is 57.9 Å². The summed E-state index contributed by atoms with van der Waals surface area (Å²) < 4.78 is 0. The molecule has 108 valence electrons. The largest absolute Gasteiger partial charge is 0.316 e. The summed E-state index contributed by atoms with van der Waals surface area (Å²) >= 11 is 0. The summed E-state index contributed by atoms with van der Waals surface area (Å²) in [5, 5.41) is 7.17. The van der Waals surface area contributed by atoms with Gasteiger partial charge in [0.05, 0.1) is 0 Å². The van der Waals surface area contributed by atoms with Crippen molar-refractivity contribution in [3.8, 4) is 0 Å². The molecule has 1 aliphatic heterocycles. The molecule has 3 heteroatoms. The first kappa shape index (κ1) is 15.9. The fourth-order valence-electron chi connectivity index (χ4n) is 2.61. The maximum absolute atomic E-state index is 3.65. The minimum absolute atomic E-state index is 0.627. The zero-order valence-electron chi connectivity index (χ0n) is 12.8. The van der Waals surface area contributed by atoms with Crippen LogP contribution >= 0.6 is 0 Å². The summed E-state index contributed by atoms with van der Waals surface area (Å²) in [6.45, 7) is 15.1. The monoisotopic (exact) mass is 255 g/mol. The number of rotatable bonds is 8. The van der Waals surface area contributed by atoms with E-state index in [0.29, 0.717) is 6.04 Å². The maximum atomic E-state index is 3.65. The lowest BCUT2D eigenvalue weighted by Crippen LogP contribution is -2.45. The van der Waals surface area contributed by atoms with E-state index in [9.17, 15) is 0 Å². The third-order valence-corrected chi connectivity index (χ3v) is 3.54. The van der Waals surface area contributed by atoms with Gasteiger partial charge < -0.3 is 15.5 Å². The summed E-state index contributed by atoms with van der Waals surface area (Å²) in [7, 11) is 0. The molecule has 0 aromatic rings. The number of likely N-dealkylation sites (tertiary alicyclic amines) is 1. The molecular weight excluding hydrogens is 222 g/mol. The van der Waals surface area contributed by atoms with Gasteiger partial charge in [-0.1, -0.05) is 27.7 Å². The number of nitrogens with one attached hydrogen (secondary N) is 2. The first-order valence-corrected chi connectivity index (χ1v) is 7.77. The summed E-state index contributed by atoms with van der Waals surface area (Å²) in [5.74, 6) is 0.767. The molecule has 0 unspecified atom stereocenters. The van der Waals surface area contributed by atoms with Crippen molar-refractivity contribution in [2.24, 2.45) is 5.92 Å². The van der Waals surface area contributed by atoms with Crippen LogP contribution in [-0.4, -0.2) is 49.7 Å². The van der Waals surface area contributed by atoms with E-state index in [1.807, 2.05) is 0 Å². The van der Waals surface area contributed by atoms with Crippen molar-refractivity contribution in [3.05, 3.63) is 0 Å². The summed E-state index contributed by atoms with van der Waals surface area (Å²) in [6, 6.07) is 1.38. The van der Waals surface area contributed by atoms with Gasteiger partial charge in [0.2, 0.25) is 0 Å². The number of piperidine rings is 1. The molecule has 1 heterocycles. The van der Waals surface area contributed by atoms with Gasteiger partial charge in [0.15, 0.2) is 0 Å². The lowest BCUT2D eigenvalue weighted by Gasteiger charge is -2.33. The average Bonchev–Trinajstić information content (AvgIpc) is 2.30. The Balaban J connectivity index is 1.98. The Bertz CT molecular complexity index is 196. The van der Waals surface area contributed by atoms with Crippen LogP contribution in [0, 0.1) is 5.92 Å². The standard InChI is InChI=1S/C15H33N3/c1-13(2)12-16-8-5-9-18-10-6-15(7-11-18)17-14(3)4/h13-17H,5-12H2,1-4H3. The van der Waals surface area contributed by atoms with Gasteiger partial charge in [0.1, 0.15) is 0 Å². The number of hydrogen-bond acceptors (Lipinski definition) is 3. The molecule has 0 aromatic heterocycles. The van der Waals surface area contributed by atoms with Crippen LogP contribution in [0.5, 0.6) is 0 Å². The van der Waals surface area contributed by atoms with E-state index in [0.717, 1.165) is 18.5 Å². The maximum Gasteiger partial charge on any atom is 0.00937 e. The van der Waals surface area contributed by atoms with Crippen LogP contribution in [0.4, 0.5) is 0 Å². The van der Waals surface area contributed by atoms with E-state index in [-0.39, 0.29) is 0 Å². The third-order valence-electron chi connectivity index (χ3n) is 3.54. The average molecular weight is 255 g/mol. The van der Waals surface area contributed by atoms with Crippen molar-refractivity contribution < 1.29 is 0 Å². The lowest BCUT2D eigenvalue weighted by molar-refractivity contribution is 0.191. The van der Waals surface area contributed by atoms with E-state index in [1.165, 1.54) is 45.4 Å². The van der Waals surface area contributed by atoms with Gasteiger partial charge in [0.25, 0.3) is 0 Å². The molecule has 1 aliphatic rings. The Labute approximate surface area is 114 Å². The quantitative estimate of drug-likeness (QED) is 0.650. The molecule has 2 N–H and O–H groups in total. The van der Waals surface area contributed by atoms with E-state index in [2.05, 4.69) is 43.2 Å². The molecule has 0 aromatic carbocycles. The molecule has 0 aliphatic carbocycles. The Morgan fingerprint density at radius 2 is 1.78 bits per heavy atom. The molecule has 1 fully saturated rings. The molecule has 18 heavy (non-hydrogen) atoms. The summed E-state index contributed by atoms with van der Waals surface area (Å²) in [4.78, 5) is 2.62. The first-order chi connectivity index (χ1) is 8.58. The second-order valence-electron chi connectivity index (χ2n) is 6.39. The van der Waals surface area contributed by atoms with E-state index < -0.39 is 0 Å². The fraction of sp³-hybridized carbons (Fsp3) is 1.00. The Kier molecular flexibility index (Phi) is 7.87. The molecule has 0 amide bonds. The van der Waals surface area contributed by atoms with Gasteiger partial charge in [-0.25, -0.2) is 0 Å². The van der Waals surface area contributed by atoms with Crippen LogP contribution in [0.25, 0.3) is 0 Å². The Morgan fingerprint density at radius 3 is 2.33 bits per heavy atom. The molecule has 0 spiro atoms. The zero-order valence-corrected chi connectivity index (χ0v) is 12.8. The van der Waals surface area contributed by atoms with Crippen molar-refractivity contribution in [2.75, 3.05) is 32.7 Å². The molecule has 0 saturated carbocycles. The van der Waals surface area contributed by atoms with Crippen molar-refractivity contribution in [2.45, 2.75) is 59.0 Å². The van der Waals surface area contributed by atoms with E-state index in [4.69, 9.17) is 0 Å². The van der Waals surface area contributed by atoms with Crippen LogP contribution in [-0.2, 0) is 0 Å². The second-order valence-corrected chi connectivity index (χ2v) is 6.39. The molecule has 1 rings (SSSR count). The van der Waals surface area contributed by atoms with Crippen molar-refractivity contribution >= 4 is 0 Å². The summed E-state index contributed by atoms with van der Waals surface area (Å²) in [5.41, 5.74) is 0. The van der Waals surface area contributed by atoms with Gasteiger partial charge in [-0.15, -0.1) is 0 Å². The highest BCUT2D eigenvalue weighted by Gasteiger charge is 2.18. The predicted octanol–water partition coefficient (Wildman–Crippen LogP) is 2.08. The molecule has 0 bridgehead atoms. The molecule has 1 saturated heterocycles. The van der Waals surface area contributed by atoms with Gasteiger partial charge in [-0.2, -0.15) is 0 Å². The third kappa shape index (κ3) is 7.34. The molecule has 3 nitrogen and oxygen atoms in total. The Hall–Kier alpha value is -0.120. The normalized spacial score (nSPS) is 19.0. The highest BCUT2D eigenvalue weighted by molar-refractivity contribution is 4.78. The zero-order chi connectivity index (χ0) is 13.4. The highest BCUT2D eigenvalue weighted by atomic mass is 15.1.